The molecule has 1 atom stereocenters. The minimum atomic E-state index is -0.381. The van der Waals surface area contributed by atoms with Crippen LogP contribution in [0, 0.1) is 0 Å². The third-order valence-corrected chi connectivity index (χ3v) is 1.64. The Balaban J connectivity index is 2.48. The number of carbonyl (C=O) groups is 1. The van der Waals surface area contributed by atoms with E-state index < -0.39 is 0 Å². The second-order valence-electron chi connectivity index (χ2n) is 2.74. The number of aliphatic hydroxyl groups excluding tert-OH is 1. The van der Waals surface area contributed by atoms with Gasteiger partial charge in [0, 0.05) is 12.8 Å². The van der Waals surface area contributed by atoms with Crippen LogP contribution in [-0.4, -0.2) is 17.0 Å². The summed E-state index contributed by atoms with van der Waals surface area (Å²) in [5.41, 5.74) is 0.815. The predicted molar refractivity (Wildman–Crippen MR) is 38.6 cm³/mol. The van der Waals surface area contributed by atoms with Crippen molar-refractivity contribution in [3.63, 3.8) is 0 Å². The zero-order chi connectivity index (χ0) is 7.56. The van der Waals surface area contributed by atoms with Crippen LogP contribution in [0.3, 0.4) is 0 Å². The smallest absolute Gasteiger partial charge is 0.158 e. The number of carbonyl (C=O) groups excluding carboxylic acids is 1. The van der Waals surface area contributed by atoms with E-state index in [4.69, 9.17) is 5.11 Å². The summed E-state index contributed by atoms with van der Waals surface area (Å²) in [5, 5.41) is 8.94. The summed E-state index contributed by atoms with van der Waals surface area (Å²) in [6, 6.07) is 0. The topological polar surface area (TPSA) is 37.3 Å². The summed E-state index contributed by atoms with van der Waals surface area (Å²) in [7, 11) is 0. The lowest BCUT2D eigenvalue weighted by Crippen LogP contribution is -2.05. The van der Waals surface area contributed by atoms with E-state index in [1.165, 1.54) is 0 Å². The molecule has 1 aliphatic rings. The molecular weight excluding hydrogens is 128 g/mol. The van der Waals surface area contributed by atoms with Crippen molar-refractivity contribution < 1.29 is 9.90 Å². The number of hydrogen-bond acceptors (Lipinski definition) is 2. The van der Waals surface area contributed by atoms with Gasteiger partial charge in [0.1, 0.15) is 0 Å². The number of rotatable bonds is 2. The molecule has 1 unspecified atom stereocenters. The Morgan fingerprint density at radius 2 is 2.50 bits per heavy atom. The van der Waals surface area contributed by atoms with Gasteiger partial charge in [0.2, 0.25) is 0 Å². The minimum absolute atomic E-state index is 0.209. The van der Waals surface area contributed by atoms with Crippen LogP contribution in [0.4, 0.5) is 0 Å². The fourth-order valence-corrected chi connectivity index (χ4v) is 1.17. The molecule has 2 nitrogen and oxygen atoms in total. The van der Waals surface area contributed by atoms with Gasteiger partial charge < -0.3 is 5.11 Å². The highest BCUT2D eigenvalue weighted by molar-refractivity contribution is 5.97. The summed E-state index contributed by atoms with van der Waals surface area (Å²) >= 11 is 0. The number of aliphatic hydroxyl groups is 1. The van der Waals surface area contributed by atoms with Gasteiger partial charge in [-0.05, 0) is 18.9 Å². The molecule has 1 rings (SSSR count). The van der Waals surface area contributed by atoms with Crippen LogP contribution in [0.25, 0.3) is 0 Å². The standard InChI is InChI=1S/C8H12O2/c1-6(9)5-7-3-2-4-8(7)10/h3,6,9H,2,4-5H2,1H3. The maximum absolute atomic E-state index is 10.9. The Morgan fingerprint density at radius 3 is 2.90 bits per heavy atom. The summed E-state index contributed by atoms with van der Waals surface area (Å²) in [5.74, 6) is 0.209. The van der Waals surface area contributed by atoms with Crippen LogP contribution >= 0.6 is 0 Å². The van der Waals surface area contributed by atoms with E-state index in [9.17, 15) is 4.79 Å². The SMILES string of the molecule is CC(O)CC1=CCCC1=O. The molecule has 1 aliphatic carbocycles. The molecule has 0 aromatic carbocycles. The molecule has 0 saturated heterocycles. The summed E-state index contributed by atoms with van der Waals surface area (Å²) in [6.07, 6.45) is 3.57. The van der Waals surface area contributed by atoms with E-state index >= 15 is 0 Å². The van der Waals surface area contributed by atoms with E-state index in [0.717, 1.165) is 12.0 Å². The fourth-order valence-electron chi connectivity index (χ4n) is 1.17. The molecule has 0 saturated carbocycles. The number of Topliss-reactive ketones (excluding diaryl/α,β-unsaturated/α-hetero) is 1. The second kappa shape index (κ2) is 2.97. The molecule has 0 aliphatic heterocycles. The molecule has 2 heteroatoms. The van der Waals surface area contributed by atoms with Crippen LogP contribution < -0.4 is 0 Å². The fraction of sp³-hybridized carbons (Fsp3) is 0.625. The zero-order valence-corrected chi connectivity index (χ0v) is 6.13. The van der Waals surface area contributed by atoms with Gasteiger partial charge in [-0.3, -0.25) is 4.79 Å². The van der Waals surface area contributed by atoms with E-state index in [2.05, 4.69) is 0 Å². The highest BCUT2D eigenvalue weighted by atomic mass is 16.3. The quantitative estimate of drug-likeness (QED) is 0.622. The van der Waals surface area contributed by atoms with Crippen LogP contribution in [0.5, 0.6) is 0 Å². The highest BCUT2D eigenvalue weighted by Crippen LogP contribution is 2.18. The highest BCUT2D eigenvalue weighted by Gasteiger charge is 2.15. The summed E-state index contributed by atoms with van der Waals surface area (Å²) < 4.78 is 0. The molecule has 0 spiro atoms. The monoisotopic (exact) mass is 140 g/mol. The first-order valence-corrected chi connectivity index (χ1v) is 3.60. The van der Waals surface area contributed by atoms with E-state index in [1.807, 2.05) is 6.08 Å². The summed E-state index contributed by atoms with van der Waals surface area (Å²) in [4.78, 5) is 10.9. The van der Waals surface area contributed by atoms with Gasteiger partial charge in [-0.25, -0.2) is 0 Å². The van der Waals surface area contributed by atoms with Crippen molar-refractivity contribution in [2.24, 2.45) is 0 Å². The van der Waals surface area contributed by atoms with Gasteiger partial charge in [0.15, 0.2) is 5.78 Å². The van der Waals surface area contributed by atoms with Crippen LogP contribution in [0.2, 0.25) is 0 Å². The van der Waals surface area contributed by atoms with Crippen molar-refractivity contribution in [1.82, 2.24) is 0 Å². The van der Waals surface area contributed by atoms with Crippen LogP contribution in [0.1, 0.15) is 26.2 Å². The van der Waals surface area contributed by atoms with Crippen molar-refractivity contribution in [3.8, 4) is 0 Å². The number of hydrogen-bond donors (Lipinski definition) is 1. The second-order valence-corrected chi connectivity index (χ2v) is 2.74. The Morgan fingerprint density at radius 1 is 1.80 bits per heavy atom. The lowest BCUT2D eigenvalue weighted by Gasteiger charge is -2.02. The van der Waals surface area contributed by atoms with Gasteiger partial charge >= 0.3 is 0 Å². The molecule has 0 aromatic rings. The first kappa shape index (κ1) is 7.48. The minimum Gasteiger partial charge on any atom is -0.393 e. The predicted octanol–water partition coefficient (Wildman–Crippen LogP) is 1.05. The van der Waals surface area contributed by atoms with Crippen molar-refractivity contribution in [2.45, 2.75) is 32.3 Å². The van der Waals surface area contributed by atoms with Crippen molar-refractivity contribution >= 4 is 5.78 Å². The molecule has 56 valence electrons. The normalized spacial score (nSPS) is 21.0. The van der Waals surface area contributed by atoms with E-state index in [0.29, 0.717) is 12.8 Å². The van der Waals surface area contributed by atoms with Gasteiger partial charge in [-0.15, -0.1) is 0 Å². The Kier molecular flexibility index (Phi) is 2.22. The van der Waals surface area contributed by atoms with Crippen LogP contribution in [-0.2, 0) is 4.79 Å². The maximum Gasteiger partial charge on any atom is 0.158 e. The van der Waals surface area contributed by atoms with Gasteiger partial charge in [0.25, 0.3) is 0 Å². The molecule has 0 heterocycles. The Labute approximate surface area is 60.6 Å². The third-order valence-electron chi connectivity index (χ3n) is 1.64. The number of ketones is 1. The molecular formula is C8H12O2. The molecule has 0 fully saturated rings. The van der Waals surface area contributed by atoms with Gasteiger partial charge in [-0.1, -0.05) is 6.08 Å². The largest absolute Gasteiger partial charge is 0.393 e. The molecule has 0 amide bonds. The third kappa shape index (κ3) is 1.67. The van der Waals surface area contributed by atoms with Gasteiger partial charge in [0.05, 0.1) is 6.10 Å². The lowest BCUT2D eigenvalue weighted by atomic mass is 10.1. The van der Waals surface area contributed by atoms with Crippen molar-refractivity contribution in [2.75, 3.05) is 0 Å². The molecule has 0 radical (unpaired) electrons. The average molecular weight is 140 g/mol. The molecule has 10 heavy (non-hydrogen) atoms. The lowest BCUT2D eigenvalue weighted by molar-refractivity contribution is -0.115. The average Bonchev–Trinajstić information content (AvgIpc) is 2.15. The zero-order valence-electron chi connectivity index (χ0n) is 6.13. The van der Waals surface area contributed by atoms with Gasteiger partial charge in [-0.2, -0.15) is 0 Å². The molecule has 0 bridgehead atoms. The first-order valence-electron chi connectivity index (χ1n) is 3.60. The molecule has 1 N–H and O–H groups in total. The molecule has 0 aromatic heterocycles. The maximum atomic E-state index is 10.9. The Bertz CT molecular complexity index is 168. The first-order chi connectivity index (χ1) is 4.70. The number of allylic oxidation sites excluding steroid dienone is 1. The van der Waals surface area contributed by atoms with E-state index in [1.54, 1.807) is 6.92 Å². The van der Waals surface area contributed by atoms with E-state index in [-0.39, 0.29) is 11.9 Å². The van der Waals surface area contributed by atoms with Crippen LogP contribution in [0.15, 0.2) is 11.6 Å². The van der Waals surface area contributed by atoms with Crippen molar-refractivity contribution in [1.29, 1.82) is 0 Å². The van der Waals surface area contributed by atoms with Crippen molar-refractivity contribution in [3.05, 3.63) is 11.6 Å². The summed E-state index contributed by atoms with van der Waals surface area (Å²) in [6.45, 7) is 1.70. The Hall–Kier alpha value is -0.630.